The van der Waals surface area contributed by atoms with Gasteiger partial charge in [-0.25, -0.2) is 8.42 Å². The molecule has 0 saturated carbocycles. The van der Waals surface area contributed by atoms with Gasteiger partial charge in [0, 0.05) is 19.5 Å². The molecule has 0 fully saturated rings. The lowest BCUT2D eigenvalue weighted by atomic mass is 10.3. The number of nitrogens with zero attached hydrogens (tertiary/aromatic N) is 4. The van der Waals surface area contributed by atoms with E-state index in [2.05, 4.69) is 10.1 Å². The molecule has 0 aliphatic rings. The number of hydrogen-bond acceptors (Lipinski definition) is 7. The van der Waals surface area contributed by atoms with Gasteiger partial charge < -0.3 is 9.30 Å². The van der Waals surface area contributed by atoms with E-state index in [-0.39, 0.29) is 28.5 Å². The van der Waals surface area contributed by atoms with Crippen molar-refractivity contribution in [1.82, 2.24) is 14.3 Å². The van der Waals surface area contributed by atoms with Gasteiger partial charge in [-0.1, -0.05) is 11.3 Å². The second-order valence-electron chi connectivity index (χ2n) is 5.93. The first kappa shape index (κ1) is 20.0. The minimum absolute atomic E-state index is 0.147. The standard InChI is InChI=1S/C17H18N4O5S2/c1-4-26-15(22)10-21-12-6-5-11(28(3,24)25)9-14(12)27-17(21)19-16(23)13-7-8-18-20(13)2/h5-9H,4,10H2,1-3H3. The SMILES string of the molecule is CCOC(=O)Cn1c(=NC(=O)c2ccnn2C)sc2cc(S(C)(=O)=O)ccc21. The van der Waals surface area contributed by atoms with Crippen molar-refractivity contribution in [3.05, 3.63) is 41.0 Å². The molecular formula is C17H18N4O5S2. The Morgan fingerprint density at radius 3 is 2.64 bits per heavy atom. The summed E-state index contributed by atoms with van der Waals surface area (Å²) in [6.07, 6.45) is 2.60. The average Bonchev–Trinajstić information content (AvgIpc) is 3.18. The smallest absolute Gasteiger partial charge is 0.326 e. The molecule has 0 atom stereocenters. The molecule has 0 radical (unpaired) electrons. The lowest BCUT2D eigenvalue weighted by molar-refractivity contribution is -0.143. The Bertz CT molecular complexity index is 1230. The molecule has 0 unspecified atom stereocenters. The highest BCUT2D eigenvalue weighted by Gasteiger charge is 2.16. The largest absolute Gasteiger partial charge is 0.465 e. The number of hydrogen-bond donors (Lipinski definition) is 0. The molecule has 28 heavy (non-hydrogen) atoms. The lowest BCUT2D eigenvalue weighted by Gasteiger charge is -2.05. The number of esters is 1. The number of fused-ring (bicyclic) bond motifs is 1. The Kier molecular flexibility index (Phi) is 5.47. The molecule has 0 bridgehead atoms. The van der Waals surface area contributed by atoms with Gasteiger partial charge in [-0.05, 0) is 31.2 Å². The summed E-state index contributed by atoms with van der Waals surface area (Å²) < 4.78 is 32.2. The van der Waals surface area contributed by atoms with Gasteiger partial charge in [0.2, 0.25) is 0 Å². The summed E-state index contributed by atoms with van der Waals surface area (Å²) in [5.41, 5.74) is 0.874. The number of rotatable bonds is 5. The second kappa shape index (κ2) is 7.68. The van der Waals surface area contributed by atoms with Crippen LogP contribution < -0.4 is 4.80 Å². The van der Waals surface area contributed by atoms with Crippen molar-refractivity contribution in [3.63, 3.8) is 0 Å². The third-order valence-electron chi connectivity index (χ3n) is 3.91. The first-order valence-electron chi connectivity index (χ1n) is 8.27. The lowest BCUT2D eigenvalue weighted by Crippen LogP contribution is -2.23. The summed E-state index contributed by atoms with van der Waals surface area (Å²) in [5, 5.41) is 3.95. The zero-order valence-electron chi connectivity index (χ0n) is 15.4. The Morgan fingerprint density at radius 1 is 1.29 bits per heavy atom. The van der Waals surface area contributed by atoms with Gasteiger partial charge in [-0.15, -0.1) is 0 Å². The first-order valence-corrected chi connectivity index (χ1v) is 11.0. The van der Waals surface area contributed by atoms with Crippen LogP contribution in [0, 0.1) is 0 Å². The van der Waals surface area contributed by atoms with E-state index in [0.717, 1.165) is 17.6 Å². The van der Waals surface area contributed by atoms with Gasteiger partial charge in [-0.3, -0.25) is 14.3 Å². The minimum atomic E-state index is -3.40. The second-order valence-corrected chi connectivity index (χ2v) is 8.96. The number of carbonyl (C=O) groups is 2. The highest BCUT2D eigenvalue weighted by molar-refractivity contribution is 7.90. The van der Waals surface area contributed by atoms with E-state index < -0.39 is 21.7 Å². The summed E-state index contributed by atoms with van der Waals surface area (Å²) in [5.74, 6) is -1.00. The number of amides is 1. The molecule has 148 valence electrons. The molecule has 0 spiro atoms. The number of sulfone groups is 1. The minimum Gasteiger partial charge on any atom is -0.465 e. The summed E-state index contributed by atoms with van der Waals surface area (Å²) in [6.45, 7) is 1.77. The summed E-state index contributed by atoms with van der Waals surface area (Å²) in [4.78, 5) is 29.1. The van der Waals surface area contributed by atoms with Crippen molar-refractivity contribution in [2.75, 3.05) is 12.9 Å². The van der Waals surface area contributed by atoms with E-state index >= 15 is 0 Å². The fraction of sp³-hybridized carbons (Fsp3) is 0.294. The van der Waals surface area contributed by atoms with Gasteiger partial charge in [0.15, 0.2) is 14.6 Å². The number of carbonyl (C=O) groups excluding carboxylic acids is 2. The third kappa shape index (κ3) is 4.04. The maximum Gasteiger partial charge on any atom is 0.326 e. The Labute approximate surface area is 164 Å². The molecule has 0 aliphatic heterocycles. The Balaban J connectivity index is 2.18. The molecule has 2 heterocycles. The van der Waals surface area contributed by atoms with Crippen LogP contribution in [-0.4, -0.2) is 47.5 Å². The van der Waals surface area contributed by atoms with Crippen molar-refractivity contribution in [1.29, 1.82) is 0 Å². The summed E-state index contributed by atoms with van der Waals surface area (Å²) in [7, 11) is -1.77. The molecule has 3 aromatic rings. The Morgan fingerprint density at radius 2 is 2.04 bits per heavy atom. The molecule has 0 aliphatic carbocycles. The highest BCUT2D eigenvalue weighted by Crippen LogP contribution is 2.22. The predicted molar refractivity (Wildman–Crippen MR) is 103 cm³/mol. The van der Waals surface area contributed by atoms with Gasteiger partial charge in [-0.2, -0.15) is 10.1 Å². The van der Waals surface area contributed by atoms with Crippen LogP contribution >= 0.6 is 11.3 Å². The van der Waals surface area contributed by atoms with Gasteiger partial charge in [0.25, 0.3) is 5.91 Å². The van der Waals surface area contributed by atoms with Crippen LogP contribution in [0.2, 0.25) is 0 Å². The molecule has 0 saturated heterocycles. The van der Waals surface area contributed by atoms with Crippen molar-refractivity contribution in [3.8, 4) is 0 Å². The fourth-order valence-corrected chi connectivity index (χ4v) is 4.37. The number of aryl methyl sites for hydroxylation is 1. The monoisotopic (exact) mass is 422 g/mol. The molecular weight excluding hydrogens is 404 g/mol. The van der Waals surface area contributed by atoms with Crippen molar-refractivity contribution < 1.29 is 22.7 Å². The number of benzene rings is 1. The molecule has 3 rings (SSSR count). The number of thiazole rings is 1. The van der Waals surface area contributed by atoms with E-state index in [9.17, 15) is 18.0 Å². The van der Waals surface area contributed by atoms with Crippen LogP contribution in [0.25, 0.3) is 10.2 Å². The average molecular weight is 422 g/mol. The van der Waals surface area contributed by atoms with E-state index in [1.807, 2.05) is 0 Å². The molecule has 1 amide bonds. The molecule has 1 aromatic carbocycles. The van der Waals surface area contributed by atoms with Crippen LogP contribution in [-0.2, 0) is 33.0 Å². The zero-order valence-corrected chi connectivity index (χ0v) is 17.1. The van der Waals surface area contributed by atoms with Gasteiger partial charge in [0.05, 0.1) is 21.7 Å². The normalized spacial score (nSPS) is 12.5. The molecule has 2 aromatic heterocycles. The quantitative estimate of drug-likeness (QED) is 0.570. The predicted octanol–water partition coefficient (Wildman–Crippen LogP) is 1.14. The van der Waals surface area contributed by atoms with Crippen LogP contribution in [0.1, 0.15) is 17.4 Å². The number of ether oxygens (including phenoxy) is 1. The van der Waals surface area contributed by atoms with E-state index in [1.165, 1.54) is 29.1 Å². The topological polar surface area (TPSA) is 113 Å². The van der Waals surface area contributed by atoms with E-state index in [1.54, 1.807) is 24.6 Å². The van der Waals surface area contributed by atoms with Gasteiger partial charge in [0.1, 0.15) is 12.2 Å². The Hall–Kier alpha value is -2.79. The van der Waals surface area contributed by atoms with Crippen LogP contribution in [0.5, 0.6) is 0 Å². The van der Waals surface area contributed by atoms with Crippen molar-refractivity contribution >= 4 is 43.3 Å². The maximum absolute atomic E-state index is 12.5. The van der Waals surface area contributed by atoms with E-state index in [4.69, 9.17) is 4.74 Å². The highest BCUT2D eigenvalue weighted by atomic mass is 32.2. The summed E-state index contributed by atoms with van der Waals surface area (Å²) in [6, 6.07) is 6.09. The van der Waals surface area contributed by atoms with Crippen LogP contribution in [0.3, 0.4) is 0 Å². The van der Waals surface area contributed by atoms with Crippen molar-refractivity contribution in [2.24, 2.45) is 12.0 Å². The van der Waals surface area contributed by atoms with Crippen LogP contribution in [0.4, 0.5) is 0 Å². The molecule has 0 N–H and O–H groups in total. The number of aromatic nitrogens is 3. The van der Waals surface area contributed by atoms with Crippen LogP contribution in [0.15, 0.2) is 40.4 Å². The zero-order chi connectivity index (χ0) is 20.5. The van der Waals surface area contributed by atoms with Gasteiger partial charge >= 0.3 is 5.97 Å². The first-order chi connectivity index (χ1) is 13.2. The fourth-order valence-electron chi connectivity index (χ4n) is 2.59. The molecule has 11 heteroatoms. The summed E-state index contributed by atoms with van der Waals surface area (Å²) >= 11 is 1.12. The molecule has 9 nitrogen and oxygen atoms in total. The van der Waals surface area contributed by atoms with E-state index in [0.29, 0.717) is 10.2 Å². The third-order valence-corrected chi connectivity index (χ3v) is 6.06. The van der Waals surface area contributed by atoms with Crippen molar-refractivity contribution in [2.45, 2.75) is 18.4 Å². The maximum atomic E-state index is 12.5.